The monoisotopic (exact) mass is 510 g/mol. The molecule has 0 radical (unpaired) electrons. The van der Waals surface area contributed by atoms with Gasteiger partial charge in [0, 0.05) is 44.1 Å². The highest BCUT2D eigenvalue weighted by molar-refractivity contribution is 5.97. The lowest BCUT2D eigenvalue weighted by Gasteiger charge is -2.37. The van der Waals surface area contributed by atoms with Crippen molar-refractivity contribution in [2.45, 2.75) is 26.0 Å². The van der Waals surface area contributed by atoms with Gasteiger partial charge in [0.2, 0.25) is 5.88 Å². The Morgan fingerprint density at radius 2 is 2.08 bits per heavy atom. The Morgan fingerprint density at radius 1 is 1.35 bits per heavy atom. The molecule has 198 valence electrons. The van der Waals surface area contributed by atoms with E-state index in [0.29, 0.717) is 23.5 Å². The summed E-state index contributed by atoms with van der Waals surface area (Å²) in [5, 5.41) is 12.7. The summed E-state index contributed by atoms with van der Waals surface area (Å²) in [4.78, 5) is 33.8. The Morgan fingerprint density at radius 3 is 2.73 bits per heavy atom. The Bertz CT molecular complexity index is 1140. The number of anilines is 1. The Balaban J connectivity index is 1.84. The van der Waals surface area contributed by atoms with E-state index >= 15 is 0 Å². The van der Waals surface area contributed by atoms with Crippen LogP contribution in [0.5, 0.6) is 11.6 Å². The number of urea groups is 1. The second-order valence-electron chi connectivity index (χ2n) is 8.97. The Kier molecular flexibility index (Phi) is 9.71. The van der Waals surface area contributed by atoms with Gasteiger partial charge in [-0.05, 0) is 37.3 Å². The standard InChI is InChI=1S/C27H34N4O6/c1-18-15-31(19(2)17-32)26(33)23-13-20(7-6-12-35-4)14-28-25(23)37-24(18)16-30(3)27(34)29-21-8-10-22(36-5)11-9-21/h8-11,13-14,18-19,24,32H,12,15-17H2,1-5H3,(H,29,34)/t18-,19+,24-/m0/s1. The molecular formula is C27H34N4O6. The van der Waals surface area contributed by atoms with Crippen LogP contribution in [0, 0.1) is 17.8 Å². The number of benzene rings is 1. The van der Waals surface area contributed by atoms with Crippen molar-refractivity contribution in [2.24, 2.45) is 5.92 Å². The van der Waals surface area contributed by atoms with E-state index in [9.17, 15) is 14.7 Å². The fraction of sp³-hybridized carbons (Fsp3) is 0.444. The first-order chi connectivity index (χ1) is 17.8. The summed E-state index contributed by atoms with van der Waals surface area (Å²) in [7, 11) is 4.81. The number of aliphatic hydroxyl groups is 1. The van der Waals surface area contributed by atoms with Crippen LogP contribution in [-0.2, 0) is 4.74 Å². The van der Waals surface area contributed by atoms with Crippen molar-refractivity contribution in [3.05, 3.63) is 47.7 Å². The summed E-state index contributed by atoms with van der Waals surface area (Å²) in [5.41, 5.74) is 1.43. The molecule has 10 heteroatoms. The van der Waals surface area contributed by atoms with Crippen LogP contribution in [0.1, 0.15) is 29.8 Å². The number of pyridine rings is 1. The minimum atomic E-state index is -0.468. The number of carbonyl (C=O) groups excluding carboxylic acids is 2. The molecule has 1 aliphatic rings. The summed E-state index contributed by atoms with van der Waals surface area (Å²) >= 11 is 0. The third-order valence-electron chi connectivity index (χ3n) is 6.11. The number of aliphatic hydroxyl groups excluding tert-OH is 1. The van der Waals surface area contributed by atoms with Crippen LogP contribution in [-0.4, -0.2) is 91.5 Å². The lowest BCUT2D eigenvalue weighted by molar-refractivity contribution is 0.0356. The molecule has 0 saturated carbocycles. The molecule has 0 fully saturated rings. The van der Waals surface area contributed by atoms with Gasteiger partial charge in [0.15, 0.2) is 0 Å². The molecule has 0 aliphatic carbocycles. The highest BCUT2D eigenvalue weighted by Gasteiger charge is 2.34. The van der Waals surface area contributed by atoms with Crippen LogP contribution >= 0.6 is 0 Å². The van der Waals surface area contributed by atoms with E-state index in [-0.39, 0.29) is 49.1 Å². The quantitative estimate of drug-likeness (QED) is 0.550. The number of methoxy groups -OCH3 is 2. The second-order valence-corrected chi connectivity index (χ2v) is 8.97. The van der Waals surface area contributed by atoms with Gasteiger partial charge >= 0.3 is 6.03 Å². The number of carbonyl (C=O) groups is 2. The number of nitrogens with one attached hydrogen (secondary N) is 1. The molecule has 10 nitrogen and oxygen atoms in total. The molecule has 0 bridgehead atoms. The van der Waals surface area contributed by atoms with E-state index in [4.69, 9.17) is 14.2 Å². The molecule has 1 aliphatic heterocycles. The first-order valence-electron chi connectivity index (χ1n) is 12.0. The first-order valence-corrected chi connectivity index (χ1v) is 12.0. The van der Waals surface area contributed by atoms with E-state index in [1.807, 2.05) is 6.92 Å². The van der Waals surface area contributed by atoms with Gasteiger partial charge in [-0.1, -0.05) is 18.8 Å². The summed E-state index contributed by atoms with van der Waals surface area (Å²) in [5.74, 6) is 6.18. The average molecular weight is 511 g/mol. The molecule has 0 spiro atoms. The number of fused-ring (bicyclic) bond motifs is 1. The van der Waals surface area contributed by atoms with E-state index in [1.165, 1.54) is 11.1 Å². The van der Waals surface area contributed by atoms with Crippen LogP contribution in [0.25, 0.3) is 0 Å². The van der Waals surface area contributed by atoms with Crippen molar-refractivity contribution >= 4 is 17.6 Å². The molecule has 3 amide bonds. The van der Waals surface area contributed by atoms with Gasteiger partial charge in [0.25, 0.3) is 5.91 Å². The molecule has 3 rings (SSSR count). The highest BCUT2D eigenvalue weighted by atomic mass is 16.5. The smallest absolute Gasteiger partial charge is 0.321 e. The molecule has 2 aromatic rings. The topological polar surface area (TPSA) is 113 Å². The predicted molar refractivity (Wildman–Crippen MR) is 139 cm³/mol. The van der Waals surface area contributed by atoms with Crippen LogP contribution in [0.4, 0.5) is 10.5 Å². The predicted octanol–water partition coefficient (Wildman–Crippen LogP) is 2.47. The number of aromatic nitrogens is 1. The zero-order valence-electron chi connectivity index (χ0n) is 21.9. The minimum absolute atomic E-state index is 0.162. The van der Waals surface area contributed by atoms with Crippen molar-refractivity contribution in [2.75, 3.05) is 52.9 Å². The number of ether oxygens (including phenoxy) is 3. The second kappa shape index (κ2) is 12.9. The van der Waals surface area contributed by atoms with Gasteiger partial charge in [-0.3, -0.25) is 4.79 Å². The van der Waals surface area contributed by atoms with Crippen LogP contribution in [0.2, 0.25) is 0 Å². The lowest BCUT2D eigenvalue weighted by Crippen LogP contribution is -2.50. The maximum atomic E-state index is 13.4. The molecule has 2 N–H and O–H groups in total. The van der Waals surface area contributed by atoms with Gasteiger partial charge in [-0.2, -0.15) is 0 Å². The van der Waals surface area contributed by atoms with Crippen LogP contribution in [0.3, 0.4) is 0 Å². The van der Waals surface area contributed by atoms with Gasteiger partial charge in [0.1, 0.15) is 24.0 Å². The first kappa shape index (κ1) is 27.8. The van der Waals surface area contributed by atoms with Crippen LogP contribution in [0.15, 0.2) is 36.5 Å². The van der Waals surface area contributed by atoms with Gasteiger partial charge in [-0.25, -0.2) is 9.78 Å². The highest BCUT2D eigenvalue weighted by Crippen LogP contribution is 2.27. The fourth-order valence-electron chi connectivity index (χ4n) is 3.84. The minimum Gasteiger partial charge on any atom is -0.497 e. The Labute approximate surface area is 217 Å². The third-order valence-corrected chi connectivity index (χ3v) is 6.11. The largest absolute Gasteiger partial charge is 0.497 e. The molecule has 2 heterocycles. The van der Waals surface area contributed by atoms with Gasteiger partial charge < -0.3 is 34.4 Å². The van der Waals surface area contributed by atoms with E-state index in [1.54, 1.807) is 63.4 Å². The Hall–Kier alpha value is -3.81. The maximum Gasteiger partial charge on any atom is 0.321 e. The molecule has 0 saturated heterocycles. The SMILES string of the molecule is COCC#Cc1cnc2c(c1)C(=O)N([C@H](C)CO)C[C@H](C)[C@H](CN(C)C(=O)Nc1ccc(OC)cc1)O2. The molecule has 1 aromatic carbocycles. The summed E-state index contributed by atoms with van der Waals surface area (Å²) in [6.07, 6.45) is 1.07. The number of nitrogens with zero attached hydrogens (tertiary/aromatic N) is 3. The zero-order valence-corrected chi connectivity index (χ0v) is 21.9. The lowest BCUT2D eigenvalue weighted by atomic mass is 10.00. The zero-order chi connectivity index (χ0) is 26.9. The number of hydrogen-bond acceptors (Lipinski definition) is 7. The number of likely N-dealkylation sites (N-methyl/N-ethyl adjacent to an activating group) is 1. The van der Waals surface area contributed by atoms with Crippen molar-refractivity contribution < 1.29 is 28.9 Å². The van der Waals surface area contributed by atoms with Gasteiger partial charge in [-0.15, -0.1) is 0 Å². The van der Waals surface area contributed by atoms with Crippen molar-refractivity contribution in [1.82, 2.24) is 14.8 Å². The van der Waals surface area contributed by atoms with E-state index in [2.05, 4.69) is 22.1 Å². The molecular weight excluding hydrogens is 476 g/mol. The molecule has 1 aromatic heterocycles. The number of rotatable bonds is 7. The third kappa shape index (κ3) is 7.12. The van der Waals surface area contributed by atoms with Crippen LogP contribution < -0.4 is 14.8 Å². The molecule has 3 atom stereocenters. The van der Waals surface area contributed by atoms with E-state index in [0.717, 1.165) is 0 Å². The number of hydrogen-bond donors (Lipinski definition) is 2. The average Bonchev–Trinajstić information content (AvgIpc) is 2.90. The van der Waals surface area contributed by atoms with Crippen molar-refractivity contribution in [1.29, 1.82) is 0 Å². The maximum absolute atomic E-state index is 13.4. The molecule has 37 heavy (non-hydrogen) atoms. The fourth-order valence-corrected chi connectivity index (χ4v) is 3.84. The summed E-state index contributed by atoms with van der Waals surface area (Å²) < 4.78 is 16.3. The summed E-state index contributed by atoms with van der Waals surface area (Å²) in [6.45, 7) is 4.36. The summed E-state index contributed by atoms with van der Waals surface area (Å²) in [6, 6.07) is 7.95. The van der Waals surface area contributed by atoms with Crippen molar-refractivity contribution in [3.63, 3.8) is 0 Å². The van der Waals surface area contributed by atoms with Gasteiger partial charge in [0.05, 0.1) is 26.3 Å². The molecule has 0 unspecified atom stereocenters. The van der Waals surface area contributed by atoms with E-state index < -0.39 is 12.1 Å². The number of amides is 3. The van der Waals surface area contributed by atoms with Crippen molar-refractivity contribution in [3.8, 4) is 23.5 Å². The normalized spacial score (nSPS) is 17.8.